The highest BCUT2D eigenvalue weighted by Crippen LogP contribution is 2.15. The van der Waals surface area contributed by atoms with Gasteiger partial charge in [-0.3, -0.25) is 4.79 Å². The number of benzene rings is 1. The fraction of sp³-hybridized carbons (Fsp3) is 0.375. The van der Waals surface area contributed by atoms with Crippen molar-refractivity contribution in [3.05, 3.63) is 48.0 Å². The maximum absolute atomic E-state index is 12.1. The molecule has 2 amide bonds. The first-order valence-electron chi connectivity index (χ1n) is 6.86. The minimum Gasteiger partial charge on any atom is -0.444 e. The van der Waals surface area contributed by atoms with E-state index in [1.807, 2.05) is 49.4 Å². The number of rotatable bonds is 2. The summed E-state index contributed by atoms with van der Waals surface area (Å²) in [6.07, 6.45) is 5.14. The molecule has 0 fully saturated rings. The highest BCUT2D eigenvalue weighted by molar-refractivity contribution is 5.92. The number of nitrogens with zero attached hydrogens (tertiary/aromatic N) is 1. The first kappa shape index (κ1) is 14.3. The molecule has 20 heavy (non-hydrogen) atoms. The van der Waals surface area contributed by atoms with E-state index in [2.05, 4.69) is 0 Å². The zero-order valence-corrected chi connectivity index (χ0v) is 11.6. The van der Waals surface area contributed by atoms with Gasteiger partial charge in [-0.05, 0) is 25.3 Å². The molecule has 1 aliphatic rings. The third-order valence-electron chi connectivity index (χ3n) is 3.28. The third-order valence-corrected chi connectivity index (χ3v) is 3.28. The summed E-state index contributed by atoms with van der Waals surface area (Å²) in [5, 5.41) is 0. The van der Waals surface area contributed by atoms with Gasteiger partial charge in [-0.1, -0.05) is 42.5 Å². The summed E-state index contributed by atoms with van der Waals surface area (Å²) >= 11 is 0. The van der Waals surface area contributed by atoms with E-state index in [-0.39, 0.29) is 18.6 Å². The topological polar surface area (TPSA) is 46.6 Å². The molecular formula is C16H19NO3. The average molecular weight is 273 g/mol. The molecule has 0 spiro atoms. The Bertz CT molecular complexity index is 496. The molecule has 1 atom stereocenters. The summed E-state index contributed by atoms with van der Waals surface area (Å²) in [6.45, 7) is 2.04. The van der Waals surface area contributed by atoms with Gasteiger partial charge in [0.05, 0.1) is 0 Å². The second-order valence-electron chi connectivity index (χ2n) is 4.90. The quantitative estimate of drug-likeness (QED) is 0.777. The van der Waals surface area contributed by atoms with Crippen LogP contribution < -0.4 is 0 Å². The highest BCUT2D eigenvalue weighted by atomic mass is 16.6. The molecule has 0 saturated heterocycles. The lowest BCUT2D eigenvalue weighted by molar-refractivity contribution is -0.131. The Hall–Kier alpha value is -2.10. The van der Waals surface area contributed by atoms with Crippen LogP contribution in [0.25, 0.3) is 0 Å². The molecule has 1 aromatic rings. The zero-order valence-electron chi connectivity index (χ0n) is 11.6. The number of hydrogen-bond acceptors (Lipinski definition) is 3. The predicted octanol–water partition coefficient (Wildman–Crippen LogP) is 3.28. The van der Waals surface area contributed by atoms with Crippen molar-refractivity contribution in [3.63, 3.8) is 0 Å². The fourth-order valence-corrected chi connectivity index (χ4v) is 2.16. The van der Waals surface area contributed by atoms with Crippen LogP contribution in [-0.2, 0) is 16.1 Å². The summed E-state index contributed by atoms with van der Waals surface area (Å²) in [5.41, 5.74) is 0.910. The highest BCUT2D eigenvalue weighted by Gasteiger charge is 2.27. The molecule has 0 aliphatic carbocycles. The summed E-state index contributed by atoms with van der Waals surface area (Å²) in [7, 11) is 0. The zero-order chi connectivity index (χ0) is 14.4. The van der Waals surface area contributed by atoms with Crippen LogP contribution in [0.5, 0.6) is 0 Å². The molecule has 4 nitrogen and oxygen atoms in total. The second kappa shape index (κ2) is 6.89. The Labute approximate surface area is 119 Å². The van der Waals surface area contributed by atoms with Crippen LogP contribution in [0.15, 0.2) is 42.5 Å². The Morgan fingerprint density at radius 3 is 2.80 bits per heavy atom. The second-order valence-corrected chi connectivity index (χ2v) is 4.90. The Kier molecular flexibility index (Phi) is 4.93. The van der Waals surface area contributed by atoms with Gasteiger partial charge in [-0.25, -0.2) is 9.69 Å². The van der Waals surface area contributed by atoms with E-state index in [1.54, 1.807) is 0 Å². The Morgan fingerprint density at radius 1 is 1.30 bits per heavy atom. The van der Waals surface area contributed by atoms with E-state index in [9.17, 15) is 9.59 Å². The number of hydrogen-bond donors (Lipinski definition) is 0. The van der Waals surface area contributed by atoms with Crippen LogP contribution in [0, 0.1) is 0 Å². The van der Waals surface area contributed by atoms with Gasteiger partial charge in [0.1, 0.15) is 6.61 Å². The van der Waals surface area contributed by atoms with Crippen LogP contribution >= 0.6 is 0 Å². The maximum Gasteiger partial charge on any atom is 0.417 e. The van der Waals surface area contributed by atoms with Gasteiger partial charge < -0.3 is 4.74 Å². The molecule has 0 radical (unpaired) electrons. The Morgan fingerprint density at radius 2 is 2.05 bits per heavy atom. The van der Waals surface area contributed by atoms with Crippen LogP contribution in [-0.4, -0.2) is 22.9 Å². The lowest BCUT2D eigenvalue weighted by Crippen LogP contribution is -2.43. The smallest absolute Gasteiger partial charge is 0.417 e. The molecule has 1 unspecified atom stereocenters. The van der Waals surface area contributed by atoms with E-state index >= 15 is 0 Å². The molecule has 1 heterocycles. The minimum atomic E-state index is -0.554. The molecule has 0 N–H and O–H groups in total. The predicted molar refractivity (Wildman–Crippen MR) is 75.9 cm³/mol. The summed E-state index contributed by atoms with van der Waals surface area (Å²) in [5.74, 6) is -0.167. The largest absolute Gasteiger partial charge is 0.444 e. The van der Waals surface area contributed by atoms with Crippen LogP contribution in [0.2, 0.25) is 0 Å². The fourth-order valence-electron chi connectivity index (χ4n) is 2.16. The lowest BCUT2D eigenvalue weighted by Gasteiger charge is -2.27. The van der Waals surface area contributed by atoms with Gasteiger partial charge in [0.2, 0.25) is 5.91 Å². The van der Waals surface area contributed by atoms with E-state index in [0.29, 0.717) is 19.3 Å². The molecule has 2 rings (SSSR count). The van der Waals surface area contributed by atoms with Crippen molar-refractivity contribution in [2.45, 2.75) is 38.8 Å². The number of allylic oxidation sites excluding steroid dienone is 1. The normalized spacial score (nSPS) is 20.9. The monoisotopic (exact) mass is 273 g/mol. The van der Waals surface area contributed by atoms with Crippen LogP contribution in [0.3, 0.4) is 0 Å². The molecule has 0 saturated carbocycles. The van der Waals surface area contributed by atoms with E-state index in [0.717, 1.165) is 5.56 Å². The first-order valence-corrected chi connectivity index (χ1v) is 6.86. The molecule has 0 bridgehead atoms. The van der Waals surface area contributed by atoms with E-state index < -0.39 is 6.09 Å². The van der Waals surface area contributed by atoms with Crippen molar-refractivity contribution < 1.29 is 14.3 Å². The van der Waals surface area contributed by atoms with E-state index in [4.69, 9.17) is 4.74 Å². The molecule has 4 heteroatoms. The van der Waals surface area contributed by atoms with Gasteiger partial charge in [0, 0.05) is 12.5 Å². The number of carbonyl (C=O) groups is 2. The van der Waals surface area contributed by atoms with Crippen molar-refractivity contribution in [2.24, 2.45) is 0 Å². The van der Waals surface area contributed by atoms with Gasteiger partial charge in [0.15, 0.2) is 0 Å². The van der Waals surface area contributed by atoms with E-state index in [1.165, 1.54) is 4.90 Å². The van der Waals surface area contributed by atoms with Crippen molar-refractivity contribution >= 4 is 12.0 Å². The van der Waals surface area contributed by atoms with Gasteiger partial charge >= 0.3 is 6.09 Å². The number of imide groups is 1. The van der Waals surface area contributed by atoms with Gasteiger partial charge in [-0.15, -0.1) is 0 Å². The molecule has 1 aromatic carbocycles. The summed E-state index contributed by atoms with van der Waals surface area (Å²) in [6, 6.07) is 9.28. The number of amides is 2. The van der Waals surface area contributed by atoms with Gasteiger partial charge in [0.25, 0.3) is 0 Å². The summed E-state index contributed by atoms with van der Waals surface area (Å²) in [4.78, 5) is 25.4. The maximum atomic E-state index is 12.1. The van der Waals surface area contributed by atoms with Crippen molar-refractivity contribution in [1.82, 2.24) is 4.90 Å². The number of ether oxygens (including phenoxy) is 1. The van der Waals surface area contributed by atoms with Crippen molar-refractivity contribution in [3.8, 4) is 0 Å². The average Bonchev–Trinajstić information content (AvgIpc) is 2.44. The van der Waals surface area contributed by atoms with Crippen LogP contribution in [0.4, 0.5) is 4.79 Å². The SMILES string of the molecule is CC1C/C=C\CCC(=O)N1C(=O)OCc1ccccc1. The number of carbonyl (C=O) groups excluding carboxylic acids is 2. The first-order chi connectivity index (χ1) is 9.68. The molecule has 106 valence electrons. The van der Waals surface area contributed by atoms with Crippen molar-refractivity contribution in [2.75, 3.05) is 0 Å². The Balaban J connectivity index is 1.99. The molecular weight excluding hydrogens is 254 g/mol. The standard InChI is InChI=1S/C16H19NO3/c1-13-8-4-2-7-11-15(18)17(13)16(19)20-12-14-9-5-3-6-10-14/h2-6,9-10,13H,7-8,11-12H2,1H3/b4-2-. The van der Waals surface area contributed by atoms with Gasteiger partial charge in [-0.2, -0.15) is 0 Å². The third kappa shape index (κ3) is 3.70. The van der Waals surface area contributed by atoms with Crippen molar-refractivity contribution in [1.29, 1.82) is 0 Å². The van der Waals surface area contributed by atoms with Crippen LogP contribution in [0.1, 0.15) is 31.7 Å². The molecule has 1 aliphatic heterocycles. The lowest BCUT2D eigenvalue weighted by atomic mass is 10.1. The summed E-state index contributed by atoms with van der Waals surface area (Å²) < 4.78 is 5.25. The molecule has 0 aromatic heterocycles. The minimum absolute atomic E-state index is 0.165.